The highest BCUT2D eigenvalue weighted by Crippen LogP contribution is 2.52. The van der Waals surface area contributed by atoms with Crippen LogP contribution in [-0.4, -0.2) is 23.5 Å². The molecule has 170 valence electrons. The molecule has 0 fully saturated rings. The van der Waals surface area contributed by atoms with Crippen LogP contribution in [-0.2, 0) is 14.9 Å². The van der Waals surface area contributed by atoms with Crippen molar-refractivity contribution in [2.75, 3.05) is 0 Å². The number of ether oxygens (including phenoxy) is 1. The van der Waals surface area contributed by atoms with Gasteiger partial charge < -0.3 is 4.74 Å². The number of carbonyl (C=O) groups is 2. The molecule has 0 bridgehead atoms. The van der Waals surface area contributed by atoms with E-state index < -0.39 is 51.8 Å². The number of benzene rings is 2. The minimum Gasteiger partial charge on any atom is -0.456 e. The molecule has 0 saturated carbocycles. The molecule has 1 atom stereocenters. The molecular formula is C23H18Cl2F4O3. The van der Waals surface area contributed by atoms with Crippen molar-refractivity contribution in [3.05, 3.63) is 75.0 Å². The highest BCUT2D eigenvalue weighted by molar-refractivity contribution is 6.34. The molecule has 0 aliphatic heterocycles. The average Bonchev–Trinajstić information content (AvgIpc) is 3.00. The number of carbonyl (C=O) groups excluding carboxylic acids is 2. The molecule has 3 rings (SSSR count). The first-order valence-electron chi connectivity index (χ1n) is 9.46. The summed E-state index contributed by atoms with van der Waals surface area (Å²) in [5, 5.41) is -0.545. The Morgan fingerprint density at radius 2 is 1.69 bits per heavy atom. The third-order valence-electron chi connectivity index (χ3n) is 5.04. The summed E-state index contributed by atoms with van der Waals surface area (Å²) in [7, 11) is 0. The van der Waals surface area contributed by atoms with E-state index in [0.29, 0.717) is 0 Å². The number of allylic oxidation sites excluding steroid dienone is 2. The molecule has 1 aliphatic carbocycles. The number of esters is 1. The summed E-state index contributed by atoms with van der Waals surface area (Å²) < 4.78 is 61.4. The topological polar surface area (TPSA) is 43.4 Å². The van der Waals surface area contributed by atoms with E-state index in [1.807, 2.05) is 0 Å². The number of halogens is 6. The lowest BCUT2D eigenvalue weighted by Gasteiger charge is -2.31. The maximum Gasteiger partial charge on any atom is 0.405 e. The average molecular weight is 489 g/mol. The van der Waals surface area contributed by atoms with Gasteiger partial charge >= 0.3 is 12.1 Å². The van der Waals surface area contributed by atoms with Crippen LogP contribution in [0.2, 0.25) is 10.0 Å². The Morgan fingerprint density at radius 1 is 1.03 bits per heavy atom. The van der Waals surface area contributed by atoms with Gasteiger partial charge in [-0.25, -0.2) is 9.18 Å². The van der Waals surface area contributed by atoms with Crippen LogP contribution < -0.4 is 0 Å². The monoisotopic (exact) mass is 488 g/mol. The van der Waals surface area contributed by atoms with Gasteiger partial charge in [0.1, 0.15) is 11.4 Å². The molecule has 3 nitrogen and oxygen atoms in total. The van der Waals surface area contributed by atoms with Crippen LogP contribution in [0.4, 0.5) is 17.6 Å². The fourth-order valence-electron chi connectivity index (χ4n) is 3.51. The molecule has 0 spiro atoms. The van der Waals surface area contributed by atoms with Crippen LogP contribution in [0.15, 0.2) is 42.5 Å². The summed E-state index contributed by atoms with van der Waals surface area (Å²) in [6, 6.07) is 6.56. The van der Waals surface area contributed by atoms with Gasteiger partial charge in [0.15, 0.2) is 11.2 Å². The van der Waals surface area contributed by atoms with Crippen LogP contribution in [0.3, 0.4) is 0 Å². The highest BCUT2D eigenvalue weighted by atomic mass is 35.5. The Kier molecular flexibility index (Phi) is 6.21. The lowest BCUT2D eigenvalue weighted by Crippen LogP contribution is -2.46. The van der Waals surface area contributed by atoms with Gasteiger partial charge in [-0.3, -0.25) is 4.79 Å². The molecule has 0 radical (unpaired) electrons. The van der Waals surface area contributed by atoms with Crippen molar-refractivity contribution in [2.24, 2.45) is 0 Å². The third-order valence-corrected chi connectivity index (χ3v) is 5.64. The van der Waals surface area contributed by atoms with E-state index in [4.69, 9.17) is 27.9 Å². The van der Waals surface area contributed by atoms with Gasteiger partial charge in [0, 0.05) is 0 Å². The maximum absolute atomic E-state index is 14.2. The number of rotatable bonds is 3. The minimum atomic E-state index is -4.97. The molecular weight excluding hydrogens is 471 g/mol. The first-order valence-corrected chi connectivity index (χ1v) is 10.2. The first kappa shape index (κ1) is 24.3. The summed E-state index contributed by atoms with van der Waals surface area (Å²) >= 11 is 11.9. The van der Waals surface area contributed by atoms with Crippen LogP contribution in [0.1, 0.15) is 48.7 Å². The van der Waals surface area contributed by atoms with Crippen molar-refractivity contribution in [1.29, 1.82) is 0 Å². The smallest absolute Gasteiger partial charge is 0.405 e. The Bertz CT molecular complexity index is 1130. The van der Waals surface area contributed by atoms with Gasteiger partial charge in [0.25, 0.3) is 0 Å². The molecule has 2 aromatic carbocycles. The van der Waals surface area contributed by atoms with E-state index in [0.717, 1.165) is 24.3 Å². The van der Waals surface area contributed by atoms with Crippen molar-refractivity contribution in [3.8, 4) is 0 Å². The lowest BCUT2D eigenvalue weighted by molar-refractivity contribution is -0.189. The zero-order valence-corrected chi connectivity index (χ0v) is 18.8. The summed E-state index contributed by atoms with van der Waals surface area (Å²) in [5.41, 5.74) is -3.76. The third kappa shape index (κ3) is 4.41. The number of hydrogen-bond acceptors (Lipinski definition) is 3. The van der Waals surface area contributed by atoms with Crippen LogP contribution in [0.5, 0.6) is 0 Å². The van der Waals surface area contributed by atoms with Crippen LogP contribution in [0, 0.1) is 5.82 Å². The zero-order chi connectivity index (χ0) is 24.1. The largest absolute Gasteiger partial charge is 0.456 e. The van der Waals surface area contributed by atoms with Crippen molar-refractivity contribution in [2.45, 2.75) is 44.4 Å². The maximum atomic E-state index is 14.2. The molecule has 1 aliphatic rings. The van der Waals surface area contributed by atoms with Gasteiger partial charge in [-0.2, -0.15) is 13.2 Å². The quantitative estimate of drug-likeness (QED) is 0.347. The molecule has 32 heavy (non-hydrogen) atoms. The second kappa shape index (κ2) is 8.19. The Morgan fingerprint density at radius 3 is 2.22 bits per heavy atom. The van der Waals surface area contributed by atoms with E-state index in [1.165, 1.54) is 18.2 Å². The van der Waals surface area contributed by atoms with E-state index in [9.17, 15) is 27.2 Å². The predicted octanol–water partition coefficient (Wildman–Crippen LogP) is 6.94. The van der Waals surface area contributed by atoms with Gasteiger partial charge in [-0.15, -0.1) is 0 Å². The van der Waals surface area contributed by atoms with Crippen molar-refractivity contribution >= 4 is 40.5 Å². The summed E-state index contributed by atoms with van der Waals surface area (Å²) in [6.45, 7) is 5.04. The predicted molar refractivity (Wildman–Crippen MR) is 113 cm³/mol. The molecule has 0 N–H and O–H groups in total. The SMILES string of the molecule is CC(C)(C)OC(=O)c1ccc(C2=CC(=O)C(c3ccc(F)c(Cl)c3)(C(F)(F)F)C2)cc1Cl. The van der Waals surface area contributed by atoms with Gasteiger partial charge in [-0.1, -0.05) is 35.3 Å². The van der Waals surface area contributed by atoms with Crippen LogP contribution in [0.25, 0.3) is 5.57 Å². The minimum absolute atomic E-state index is 0.0283. The van der Waals surface area contributed by atoms with Crippen molar-refractivity contribution in [3.63, 3.8) is 0 Å². The fourth-order valence-corrected chi connectivity index (χ4v) is 3.95. The van der Waals surface area contributed by atoms with Gasteiger partial charge in [-0.05, 0) is 74.2 Å². The van der Waals surface area contributed by atoms with Gasteiger partial charge in [0.2, 0.25) is 0 Å². The molecule has 0 heterocycles. The summed E-state index contributed by atoms with van der Waals surface area (Å²) in [5.74, 6) is -2.78. The molecule has 9 heteroatoms. The zero-order valence-electron chi connectivity index (χ0n) is 17.2. The number of alkyl halides is 3. The van der Waals surface area contributed by atoms with Gasteiger partial charge in [0.05, 0.1) is 15.6 Å². The van der Waals surface area contributed by atoms with E-state index in [2.05, 4.69) is 0 Å². The Labute approximate surface area is 192 Å². The lowest BCUT2D eigenvalue weighted by atomic mass is 9.75. The molecule has 0 saturated heterocycles. The van der Waals surface area contributed by atoms with E-state index in [1.54, 1.807) is 20.8 Å². The van der Waals surface area contributed by atoms with Crippen molar-refractivity contribution < 1.29 is 31.9 Å². The second-order valence-corrected chi connectivity index (χ2v) is 9.25. The number of hydrogen-bond donors (Lipinski definition) is 0. The molecule has 0 amide bonds. The van der Waals surface area contributed by atoms with Crippen molar-refractivity contribution in [1.82, 2.24) is 0 Å². The summed E-state index contributed by atoms with van der Waals surface area (Å²) in [4.78, 5) is 25.0. The Balaban J connectivity index is 2.00. The van der Waals surface area contributed by atoms with E-state index in [-0.39, 0.29) is 21.7 Å². The van der Waals surface area contributed by atoms with E-state index >= 15 is 0 Å². The van der Waals surface area contributed by atoms with Crippen LogP contribution >= 0.6 is 23.2 Å². The fraction of sp³-hybridized carbons (Fsp3) is 0.304. The molecule has 0 aromatic heterocycles. The molecule has 2 aromatic rings. The second-order valence-electron chi connectivity index (χ2n) is 8.44. The normalized spacial score (nSPS) is 19.2. The summed E-state index contributed by atoms with van der Waals surface area (Å²) in [6.07, 6.45) is -4.80. The number of ketones is 1. The standard InChI is InChI=1S/C23H18Cl2F4O3/c1-21(2,3)32-20(31)15-6-4-12(8-16(15)24)13-9-19(30)22(11-13,23(27,28)29)14-5-7-18(26)17(25)10-14/h4-10H,11H2,1-3H3. The first-order chi connectivity index (χ1) is 14.7. The molecule has 1 unspecified atom stereocenters. The highest BCUT2D eigenvalue weighted by Gasteiger charge is 2.62. The Hall–Kier alpha value is -2.38.